The van der Waals surface area contributed by atoms with Crippen molar-refractivity contribution in [2.75, 3.05) is 0 Å². The van der Waals surface area contributed by atoms with E-state index in [0.717, 1.165) is 19.3 Å². The van der Waals surface area contributed by atoms with Crippen LogP contribution in [0, 0.1) is 6.10 Å². The van der Waals surface area contributed by atoms with E-state index in [9.17, 15) is 0 Å². The van der Waals surface area contributed by atoms with E-state index in [0.29, 0.717) is 6.10 Å². The third-order valence-corrected chi connectivity index (χ3v) is 1.36. The molecule has 1 radical (unpaired) electrons. The molecule has 0 saturated heterocycles. The molecule has 1 aliphatic rings. The third-order valence-electron chi connectivity index (χ3n) is 1.36. The van der Waals surface area contributed by atoms with E-state index in [1.54, 1.807) is 0 Å². The average Bonchev–Trinajstić information content (AvgIpc) is 1.94. The lowest BCUT2D eigenvalue weighted by molar-refractivity contribution is 0.317. The zero-order valence-electron chi connectivity index (χ0n) is 4.93. The van der Waals surface area contributed by atoms with E-state index in [4.69, 9.17) is 5.11 Å². The molecule has 1 aliphatic carbocycles. The molecule has 0 saturated carbocycles. The van der Waals surface area contributed by atoms with Gasteiger partial charge in [-0.25, -0.2) is 0 Å². The van der Waals surface area contributed by atoms with Crippen molar-refractivity contribution >= 4 is 0 Å². The van der Waals surface area contributed by atoms with Crippen LogP contribution in [0.1, 0.15) is 25.7 Å². The quantitative estimate of drug-likeness (QED) is 0.507. The number of aliphatic hydroxyl groups is 1. The van der Waals surface area contributed by atoms with E-state index in [-0.39, 0.29) is 0 Å². The largest absolute Gasteiger partial charge is 0.382 e. The summed E-state index contributed by atoms with van der Waals surface area (Å²) in [6, 6.07) is 0. The molecule has 1 heteroatoms. The molecule has 0 atom stereocenters. The Bertz CT molecular complexity index is 86.4. The molecule has 0 unspecified atom stereocenters. The van der Waals surface area contributed by atoms with Crippen molar-refractivity contribution in [3.63, 3.8) is 0 Å². The Kier molecular flexibility index (Phi) is 2.10. The summed E-state index contributed by atoms with van der Waals surface area (Å²) >= 11 is 0. The second kappa shape index (κ2) is 2.88. The molecule has 0 fully saturated rings. The minimum absolute atomic E-state index is 0.544. The van der Waals surface area contributed by atoms with Crippen LogP contribution in [0.15, 0.2) is 12.2 Å². The van der Waals surface area contributed by atoms with Gasteiger partial charge in [0, 0.05) is 0 Å². The summed E-state index contributed by atoms with van der Waals surface area (Å²) in [6.45, 7) is 0. The first-order chi connectivity index (χ1) is 3.89. The number of aliphatic hydroxyl groups excluding tert-OH is 1. The fraction of sp³-hybridized carbons (Fsp3) is 0.571. The Labute approximate surface area is 50.0 Å². The first-order valence-corrected chi connectivity index (χ1v) is 3.11. The van der Waals surface area contributed by atoms with Crippen LogP contribution in [0.5, 0.6) is 0 Å². The van der Waals surface area contributed by atoms with Gasteiger partial charge >= 0.3 is 0 Å². The summed E-state index contributed by atoms with van der Waals surface area (Å²) in [5.74, 6) is 0. The molecule has 1 N–H and O–H groups in total. The number of hydrogen-bond donors (Lipinski definition) is 1. The molecule has 0 amide bonds. The molecule has 1 nitrogen and oxygen atoms in total. The van der Waals surface area contributed by atoms with Crippen molar-refractivity contribution in [3.8, 4) is 0 Å². The van der Waals surface area contributed by atoms with Gasteiger partial charge in [-0.3, -0.25) is 0 Å². The van der Waals surface area contributed by atoms with Crippen LogP contribution in [0.3, 0.4) is 0 Å². The first kappa shape index (κ1) is 5.83. The highest BCUT2D eigenvalue weighted by Gasteiger charge is 2.01. The highest BCUT2D eigenvalue weighted by atomic mass is 16.3. The summed E-state index contributed by atoms with van der Waals surface area (Å²) < 4.78 is 0. The highest BCUT2D eigenvalue weighted by Crippen LogP contribution is 2.14. The fourth-order valence-electron chi connectivity index (χ4n) is 0.871. The topological polar surface area (TPSA) is 20.2 Å². The predicted octanol–water partition coefficient (Wildman–Crippen LogP) is 2.02. The van der Waals surface area contributed by atoms with Crippen LogP contribution in [0.4, 0.5) is 0 Å². The molecule has 0 aromatic carbocycles. The Morgan fingerprint density at radius 3 is 3.12 bits per heavy atom. The second-order valence-electron chi connectivity index (χ2n) is 2.14. The van der Waals surface area contributed by atoms with Crippen molar-refractivity contribution < 1.29 is 5.11 Å². The summed E-state index contributed by atoms with van der Waals surface area (Å²) in [6.07, 6.45) is 8.75. The van der Waals surface area contributed by atoms with Gasteiger partial charge in [0.2, 0.25) is 0 Å². The summed E-state index contributed by atoms with van der Waals surface area (Å²) in [5, 5.41) is 8.92. The van der Waals surface area contributed by atoms with Crippen molar-refractivity contribution in [1.82, 2.24) is 0 Å². The molecule has 0 aromatic rings. The second-order valence-corrected chi connectivity index (χ2v) is 2.14. The predicted molar refractivity (Wildman–Crippen MR) is 32.8 cm³/mol. The minimum Gasteiger partial charge on any atom is -0.382 e. The Hall–Kier alpha value is -0.300. The third kappa shape index (κ3) is 1.66. The van der Waals surface area contributed by atoms with Crippen LogP contribution in [-0.4, -0.2) is 5.11 Å². The molecule has 45 valence electrons. The summed E-state index contributed by atoms with van der Waals surface area (Å²) in [7, 11) is 0. The van der Waals surface area contributed by atoms with Gasteiger partial charge in [0.05, 0.1) is 0 Å². The zero-order chi connectivity index (χ0) is 5.82. The van der Waals surface area contributed by atoms with E-state index in [2.05, 4.69) is 0 Å². The van der Waals surface area contributed by atoms with Crippen molar-refractivity contribution in [3.05, 3.63) is 18.3 Å². The van der Waals surface area contributed by atoms with Crippen LogP contribution in [-0.2, 0) is 0 Å². The summed E-state index contributed by atoms with van der Waals surface area (Å²) in [4.78, 5) is 0. The number of allylic oxidation sites excluding steroid dienone is 1. The Morgan fingerprint density at radius 1 is 1.38 bits per heavy atom. The maximum Gasteiger partial charge on any atom is 0.115 e. The fourth-order valence-corrected chi connectivity index (χ4v) is 0.871. The Morgan fingerprint density at radius 2 is 2.25 bits per heavy atom. The van der Waals surface area contributed by atoms with Gasteiger partial charge in [0.25, 0.3) is 0 Å². The molecule has 0 bridgehead atoms. The van der Waals surface area contributed by atoms with Crippen LogP contribution >= 0.6 is 0 Å². The van der Waals surface area contributed by atoms with Crippen LogP contribution in [0.2, 0.25) is 0 Å². The van der Waals surface area contributed by atoms with Gasteiger partial charge < -0.3 is 5.11 Å². The van der Waals surface area contributed by atoms with Crippen molar-refractivity contribution in [2.24, 2.45) is 0 Å². The lowest BCUT2D eigenvalue weighted by Crippen LogP contribution is -1.86. The van der Waals surface area contributed by atoms with Gasteiger partial charge in [-0.1, -0.05) is 12.2 Å². The normalized spacial score (nSPS) is 23.1. The number of hydrogen-bond acceptors (Lipinski definition) is 1. The van der Waals surface area contributed by atoms with Crippen LogP contribution < -0.4 is 0 Å². The maximum atomic E-state index is 8.92. The van der Waals surface area contributed by atoms with Crippen molar-refractivity contribution in [1.29, 1.82) is 0 Å². The SMILES string of the molecule is O[C]1C=CCCCC1. The van der Waals surface area contributed by atoms with Gasteiger partial charge in [0.15, 0.2) is 0 Å². The molecule has 0 spiro atoms. The van der Waals surface area contributed by atoms with E-state index in [1.807, 2.05) is 12.2 Å². The van der Waals surface area contributed by atoms with Gasteiger partial charge in [-0.15, -0.1) is 0 Å². The van der Waals surface area contributed by atoms with E-state index >= 15 is 0 Å². The van der Waals surface area contributed by atoms with Gasteiger partial charge in [-0.2, -0.15) is 0 Å². The molecular formula is C7H11O. The minimum atomic E-state index is 0.544. The first-order valence-electron chi connectivity index (χ1n) is 3.11. The number of rotatable bonds is 0. The lowest BCUT2D eigenvalue weighted by atomic mass is 10.2. The standard InChI is InChI=1S/C7H11O/c8-7-5-3-1-2-4-6-7/h3,5,8H,1-2,4,6H2. The molecule has 0 heterocycles. The average molecular weight is 111 g/mol. The van der Waals surface area contributed by atoms with Gasteiger partial charge in [-0.05, 0) is 25.7 Å². The zero-order valence-corrected chi connectivity index (χ0v) is 4.93. The highest BCUT2D eigenvalue weighted by molar-refractivity contribution is 5.03. The molecule has 0 aliphatic heterocycles. The lowest BCUT2D eigenvalue weighted by Gasteiger charge is -1.96. The van der Waals surface area contributed by atoms with Crippen LogP contribution in [0.25, 0.3) is 0 Å². The Balaban J connectivity index is 2.33. The van der Waals surface area contributed by atoms with Gasteiger partial charge in [0.1, 0.15) is 6.10 Å². The molecule has 8 heavy (non-hydrogen) atoms. The molecule has 0 aromatic heterocycles. The van der Waals surface area contributed by atoms with E-state index in [1.165, 1.54) is 6.42 Å². The monoisotopic (exact) mass is 111 g/mol. The van der Waals surface area contributed by atoms with E-state index < -0.39 is 0 Å². The molecule has 1 rings (SSSR count). The smallest absolute Gasteiger partial charge is 0.115 e. The summed E-state index contributed by atoms with van der Waals surface area (Å²) in [5.41, 5.74) is 0. The maximum absolute atomic E-state index is 8.92. The van der Waals surface area contributed by atoms with Crippen molar-refractivity contribution in [2.45, 2.75) is 25.7 Å². The molecular weight excluding hydrogens is 100 g/mol.